The first-order valence-electron chi connectivity index (χ1n) is 6.81. The molecule has 0 aliphatic rings. The van der Waals surface area contributed by atoms with E-state index < -0.39 is 5.97 Å². The molecule has 2 aromatic carbocycles. The average molecular weight is 350 g/mol. The normalized spacial score (nSPS) is 9.96. The van der Waals surface area contributed by atoms with Crippen LogP contribution in [0.1, 0.15) is 11.1 Å². The molecule has 0 aliphatic heterocycles. The lowest BCUT2D eigenvalue weighted by Gasteiger charge is -2.08. The Hall–Kier alpha value is -2.22. The van der Waals surface area contributed by atoms with Crippen LogP contribution < -0.4 is 4.74 Å². The van der Waals surface area contributed by atoms with Gasteiger partial charge in [-0.3, -0.25) is 4.79 Å². The Kier molecular flexibility index (Phi) is 6.28. The topological polar surface area (TPSA) is 59.3 Å². The maximum atomic E-state index is 11.7. The molecule has 0 bridgehead atoms. The number of benzene rings is 2. The molecule has 0 saturated heterocycles. The second-order valence-corrected chi connectivity index (χ2v) is 5.46. The lowest BCUT2D eigenvalue weighted by Crippen LogP contribution is -2.14. The van der Waals surface area contributed by atoms with Gasteiger partial charge in [0.2, 0.25) is 0 Å². The van der Waals surface area contributed by atoms with Crippen LogP contribution in [0.2, 0.25) is 10.0 Å². The summed E-state index contributed by atoms with van der Waals surface area (Å²) in [7, 11) is 0. The van der Waals surface area contributed by atoms with E-state index in [1.807, 2.05) is 6.07 Å². The van der Waals surface area contributed by atoms with E-state index >= 15 is 0 Å². The first-order valence-corrected chi connectivity index (χ1v) is 7.56. The fraction of sp³-hybridized carbons (Fsp3) is 0.176. The number of nitriles is 1. The molecule has 23 heavy (non-hydrogen) atoms. The van der Waals surface area contributed by atoms with E-state index in [2.05, 4.69) is 0 Å². The number of rotatable bonds is 6. The van der Waals surface area contributed by atoms with Crippen LogP contribution in [0.4, 0.5) is 0 Å². The van der Waals surface area contributed by atoms with Gasteiger partial charge in [-0.05, 0) is 42.0 Å². The van der Waals surface area contributed by atoms with Gasteiger partial charge in [0.1, 0.15) is 19.0 Å². The minimum atomic E-state index is -0.391. The fourth-order valence-electron chi connectivity index (χ4n) is 1.81. The Morgan fingerprint density at radius 1 is 1.09 bits per heavy atom. The Morgan fingerprint density at radius 3 is 2.48 bits per heavy atom. The summed E-state index contributed by atoms with van der Waals surface area (Å²) in [4.78, 5) is 11.7. The van der Waals surface area contributed by atoms with Gasteiger partial charge in [-0.25, -0.2) is 0 Å². The summed E-state index contributed by atoms with van der Waals surface area (Å²) in [5.74, 6) is 0.221. The van der Waals surface area contributed by atoms with Crippen LogP contribution in [0.3, 0.4) is 0 Å². The van der Waals surface area contributed by atoms with Crippen molar-refractivity contribution < 1.29 is 14.3 Å². The Morgan fingerprint density at radius 2 is 1.83 bits per heavy atom. The van der Waals surface area contributed by atoms with Gasteiger partial charge in [-0.2, -0.15) is 5.26 Å². The summed E-state index contributed by atoms with van der Waals surface area (Å²) in [5.41, 5.74) is 1.22. The largest absolute Gasteiger partial charge is 0.490 e. The molecule has 0 radical (unpaired) electrons. The molecule has 0 amide bonds. The van der Waals surface area contributed by atoms with Crippen molar-refractivity contribution in [3.8, 4) is 11.8 Å². The SMILES string of the molecule is N#Cc1ccc(OCCOC(=O)Cc2ccc(Cl)cc2Cl)cc1. The molecule has 118 valence electrons. The highest BCUT2D eigenvalue weighted by molar-refractivity contribution is 6.35. The number of esters is 1. The van der Waals surface area contributed by atoms with Gasteiger partial charge in [0, 0.05) is 10.0 Å². The van der Waals surface area contributed by atoms with Crippen molar-refractivity contribution in [3.63, 3.8) is 0 Å². The number of halogens is 2. The minimum Gasteiger partial charge on any atom is -0.490 e. The third-order valence-corrected chi connectivity index (χ3v) is 3.54. The van der Waals surface area contributed by atoms with Crippen LogP contribution in [0.5, 0.6) is 5.75 Å². The quantitative estimate of drug-likeness (QED) is 0.583. The van der Waals surface area contributed by atoms with Crippen molar-refractivity contribution in [2.45, 2.75) is 6.42 Å². The van der Waals surface area contributed by atoms with Gasteiger partial charge in [0.05, 0.1) is 18.1 Å². The highest BCUT2D eigenvalue weighted by atomic mass is 35.5. The number of nitrogens with zero attached hydrogens (tertiary/aromatic N) is 1. The van der Waals surface area contributed by atoms with Crippen molar-refractivity contribution in [2.24, 2.45) is 0 Å². The van der Waals surface area contributed by atoms with Crippen LogP contribution >= 0.6 is 23.2 Å². The van der Waals surface area contributed by atoms with Crippen molar-refractivity contribution in [1.29, 1.82) is 5.26 Å². The lowest BCUT2D eigenvalue weighted by molar-refractivity contribution is -0.143. The van der Waals surface area contributed by atoms with Crippen LogP contribution in [0.25, 0.3) is 0 Å². The minimum absolute atomic E-state index is 0.0763. The first kappa shape index (κ1) is 17.1. The van der Waals surface area contributed by atoms with Crippen LogP contribution in [0.15, 0.2) is 42.5 Å². The smallest absolute Gasteiger partial charge is 0.310 e. The van der Waals surface area contributed by atoms with E-state index in [0.29, 0.717) is 26.9 Å². The highest BCUT2D eigenvalue weighted by Crippen LogP contribution is 2.21. The molecule has 0 aromatic heterocycles. The summed E-state index contributed by atoms with van der Waals surface area (Å²) in [6.45, 7) is 0.357. The molecular weight excluding hydrogens is 337 g/mol. The summed E-state index contributed by atoms with van der Waals surface area (Å²) in [6, 6.07) is 13.7. The summed E-state index contributed by atoms with van der Waals surface area (Å²) in [6.07, 6.45) is 0.0763. The van der Waals surface area contributed by atoms with Crippen molar-refractivity contribution in [1.82, 2.24) is 0 Å². The van der Waals surface area contributed by atoms with Crippen LogP contribution in [-0.2, 0) is 16.0 Å². The molecule has 2 rings (SSSR count). The maximum absolute atomic E-state index is 11.7. The van der Waals surface area contributed by atoms with Gasteiger partial charge in [0.15, 0.2) is 0 Å². The highest BCUT2D eigenvalue weighted by Gasteiger charge is 2.09. The number of carbonyl (C=O) groups is 1. The van der Waals surface area contributed by atoms with E-state index in [0.717, 1.165) is 0 Å². The standard InChI is InChI=1S/C17H13Cl2NO3/c18-14-4-3-13(16(19)10-14)9-17(21)23-8-7-22-15-5-1-12(11-20)2-6-15/h1-6,10H,7-9H2. The number of ether oxygens (including phenoxy) is 2. The molecule has 0 spiro atoms. The zero-order valence-corrected chi connectivity index (χ0v) is 13.6. The summed E-state index contributed by atoms with van der Waals surface area (Å²) >= 11 is 11.8. The van der Waals surface area contributed by atoms with E-state index in [9.17, 15) is 4.79 Å². The number of hydrogen-bond acceptors (Lipinski definition) is 4. The molecule has 0 unspecified atom stereocenters. The third-order valence-electron chi connectivity index (χ3n) is 2.95. The summed E-state index contributed by atoms with van der Waals surface area (Å²) < 4.78 is 10.5. The zero-order chi connectivity index (χ0) is 16.7. The molecule has 0 saturated carbocycles. The van der Waals surface area contributed by atoms with Gasteiger partial charge >= 0.3 is 5.97 Å². The monoisotopic (exact) mass is 349 g/mol. The van der Waals surface area contributed by atoms with E-state index in [1.165, 1.54) is 0 Å². The molecule has 0 aliphatic carbocycles. The van der Waals surface area contributed by atoms with Crippen LogP contribution in [0, 0.1) is 11.3 Å². The van der Waals surface area contributed by atoms with E-state index in [4.69, 9.17) is 37.9 Å². The van der Waals surface area contributed by atoms with Crippen LogP contribution in [-0.4, -0.2) is 19.2 Å². The Bertz CT molecular complexity index is 724. The molecular formula is C17H13Cl2NO3. The molecule has 4 nitrogen and oxygen atoms in total. The van der Waals surface area contributed by atoms with Crippen molar-refractivity contribution >= 4 is 29.2 Å². The Balaban J connectivity index is 1.73. The van der Waals surface area contributed by atoms with Crippen molar-refractivity contribution in [2.75, 3.05) is 13.2 Å². The lowest BCUT2D eigenvalue weighted by atomic mass is 10.1. The molecule has 0 fully saturated rings. The van der Waals surface area contributed by atoms with Crippen molar-refractivity contribution in [3.05, 3.63) is 63.6 Å². The third kappa shape index (κ3) is 5.48. The zero-order valence-electron chi connectivity index (χ0n) is 12.1. The molecule has 0 heterocycles. The van der Waals surface area contributed by atoms with E-state index in [-0.39, 0.29) is 19.6 Å². The summed E-state index contributed by atoms with van der Waals surface area (Å²) in [5, 5.41) is 9.64. The predicted molar refractivity (Wildman–Crippen MR) is 87.8 cm³/mol. The van der Waals surface area contributed by atoms with E-state index in [1.54, 1.807) is 42.5 Å². The number of carbonyl (C=O) groups excluding carboxylic acids is 1. The fourth-order valence-corrected chi connectivity index (χ4v) is 2.29. The van der Waals surface area contributed by atoms with Gasteiger partial charge in [-0.15, -0.1) is 0 Å². The Labute approximate surface area is 144 Å². The van der Waals surface area contributed by atoms with Gasteiger partial charge in [0.25, 0.3) is 0 Å². The molecule has 0 atom stereocenters. The average Bonchev–Trinajstić information content (AvgIpc) is 2.55. The molecule has 6 heteroatoms. The van der Waals surface area contributed by atoms with Gasteiger partial charge < -0.3 is 9.47 Å². The predicted octanol–water partition coefficient (Wildman–Crippen LogP) is 4.03. The second-order valence-electron chi connectivity index (χ2n) is 4.62. The number of hydrogen-bond donors (Lipinski definition) is 0. The molecule has 2 aromatic rings. The maximum Gasteiger partial charge on any atom is 0.310 e. The molecule has 0 N–H and O–H groups in total. The second kappa shape index (κ2) is 8.42. The van der Waals surface area contributed by atoms with Gasteiger partial charge in [-0.1, -0.05) is 29.3 Å². The first-order chi connectivity index (χ1) is 11.1.